The predicted molar refractivity (Wildman–Crippen MR) is 64.6 cm³/mol. The van der Waals surface area contributed by atoms with Crippen molar-refractivity contribution in [3.63, 3.8) is 0 Å². The van der Waals surface area contributed by atoms with E-state index in [1.807, 2.05) is 0 Å². The van der Waals surface area contributed by atoms with Crippen LogP contribution in [-0.4, -0.2) is 35.5 Å². The van der Waals surface area contributed by atoms with Gasteiger partial charge in [-0.2, -0.15) is 0 Å². The van der Waals surface area contributed by atoms with Crippen LogP contribution in [0.4, 0.5) is 0 Å². The van der Waals surface area contributed by atoms with Gasteiger partial charge in [0.15, 0.2) is 0 Å². The van der Waals surface area contributed by atoms with E-state index in [9.17, 15) is 8.42 Å². The van der Waals surface area contributed by atoms with E-state index < -0.39 is 10.0 Å². The molecule has 0 fully saturated rings. The van der Waals surface area contributed by atoms with Crippen LogP contribution in [0.1, 0.15) is 31.6 Å². The summed E-state index contributed by atoms with van der Waals surface area (Å²) in [6.07, 6.45) is 2.81. The summed E-state index contributed by atoms with van der Waals surface area (Å²) in [6.45, 7) is 2.25. The van der Waals surface area contributed by atoms with Gasteiger partial charge in [-0.1, -0.05) is 0 Å². The topological polar surface area (TPSA) is 103 Å². The maximum absolute atomic E-state index is 11.7. The van der Waals surface area contributed by atoms with Gasteiger partial charge in [-0.05, 0) is 26.3 Å². The number of hydrogen-bond acceptors (Lipinski definition) is 5. The molecule has 1 unspecified atom stereocenters. The molecule has 1 heterocycles. The van der Waals surface area contributed by atoms with Crippen LogP contribution >= 0.6 is 0 Å². The summed E-state index contributed by atoms with van der Waals surface area (Å²) in [6, 6.07) is -0.384. The third-order valence-electron chi connectivity index (χ3n) is 2.36. The van der Waals surface area contributed by atoms with Gasteiger partial charge in [-0.15, -0.1) is 10.2 Å². The van der Waals surface area contributed by atoms with Gasteiger partial charge in [0, 0.05) is 7.05 Å². The molecule has 0 aliphatic heterocycles. The quantitative estimate of drug-likeness (QED) is 0.646. The third kappa shape index (κ3) is 4.41. The highest BCUT2D eigenvalue weighted by Crippen LogP contribution is 2.09. The second kappa shape index (κ2) is 6.08. The van der Waals surface area contributed by atoms with Gasteiger partial charge in [0.05, 0.1) is 11.8 Å². The number of nitrogens with two attached hydrogens (primary N) is 1. The Kier molecular flexibility index (Phi) is 5.03. The number of hydrogen-bond donors (Lipinski definition) is 2. The van der Waals surface area contributed by atoms with Crippen LogP contribution in [0, 0.1) is 0 Å². The number of aryl methyl sites for hydroxylation is 1. The fourth-order valence-corrected chi connectivity index (χ4v) is 2.85. The zero-order chi connectivity index (χ0) is 12.9. The lowest BCUT2D eigenvalue weighted by Crippen LogP contribution is -2.30. The lowest BCUT2D eigenvalue weighted by atomic mass is 10.3. The average molecular weight is 261 g/mol. The van der Waals surface area contributed by atoms with E-state index in [1.54, 1.807) is 18.5 Å². The van der Waals surface area contributed by atoms with E-state index >= 15 is 0 Å². The minimum absolute atomic E-state index is 0.0897. The Balaban J connectivity index is 2.56. The van der Waals surface area contributed by atoms with Gasteiger partial charge in [0.25, 0.3) is 0 Å². The number of sulfonamides is 1. The van der Waals surface area contributed by atoms with Crippen molar-refractivity contribution in [2.24, 2.45) is 12.8 Å². The Morgan fingerprint density at radius 2 is 2.24 bits per heavy atom. The maximum Gasteiger partial charge on any atom is 0.212 e. The minimum atomic E-state index is -3.28. The molecule has 1 aromatic rings. The van der Waals surface area contributed by atoms with Crippen molar-refractivity contribution >= 4 is 10.0 Å². The standard InChI is InChI=1S/C9H19N5O2S/c1-8(9-12-11-7-14(9)2)13-17(15,16)6-4-3-5-10/h7-8,13H,3-6,10H2,1-2H3. The number of nitrogens with zero attached hydrogens (tertiary/aromatic N) is 3. The van der Waals surface area contributed by atoms with Crippen LogP contribution in [0.2, 0.25) is 0 Å². The van der Waals surface area contributed by atoms with Crippen LogP contribution in [0.3, 0.4) is 0 Å². The zero-order valence-corrected chi connectivity index (χ0v) is 10.9. The first-order chi connectivity index (χ1) is 7.96. The molecular formula is C9H19N5O2S. The highest BCUT2D eigenvalue weighted by Gasteiger charge is 2.18. The number of unbranched alkanes of at least 4 members (excludes halogenated alkanes) is 1. The van der Waals surface area contributed by atoms with Gasteiger partial charge in [0.1, 0.15) is 12.2 Å². The first-order valence-corrected chi connectivity index (χ1v) is 7.15. The second-order valence-electron chi connectivity index (χ2n) is 3.95. The van der Waals surface area contributed by atoms with Crippen LogP contribution in [-0.2, 0) is 17.1 Å². The Labute approximate surface area is 101 Å². The van der Waals surface area contributed by atoms with E-state index in [4.69, 9.17) is 5.73 Å². The monoisotopic (exact) mass is 261 g/mol. The molecule has 1 atom stereocenters. The molecule has 7 nitrogen and oxygen atoms in total. The first kappa shape index (κ1) is 14.1. The molecule has 0 amide bonds. The zero-order valence-electron chi connectivity index (χ0n) is 10.1. The average Bonchev–Trinajstić information content (AvgIpc) is 2.64. The summed E-state index contributed by atoms with van der Waals surface area (Å²) < 4.78 is 27.7. The molecule has 0 radical (unpaired) electrons. The van der Waals surface area contributed by atoms with E-state index in [0.29, 0.717) is 25.2 Å². The van der Waals surface area contributed by atoms with Crippen LogP contribution < -0.4 is 10.5 Å². The summed E-state index contributed by atoms with van der Waals surface area (Å²) in [4.78, 5) is 0. The Hall–Kier alpha value is -0.990. The molecule has 0 saturated heterocycles. The van der Waals surface area contributed by atoms with Gasteiger partial charge >= 0.3 is 0 Å². The van der Waals surface area contributed by atoms with Gasteiger partial charge in [-0.3, -0.25) is 0 Å². The van der Waals surface area contributed by atoms with Gasteiger partial charge < -0.3 is 10.3 Å². The fourth-order valence-electron chi connectivity index (χ4n) is 1.50. The molecule has 98 valence electrons. The van der Waals surface area contributed by atoms with Gasteiger partial charge in [0.2, 0.25) is 10.0 Å². The number of rotatable bonds is 7. The maximum atomic E-state index is 11.7. The molecule has 17 heavy (non-hydrogen) atoms. The smallest absolute Gasteiger partial charge is 0.212 e. The van der Waals surface area contributed by atoms with Crippen molar-refractivity contribution < 1.29 is 8.42 Å². The Morgan fingerprint density at radius 1 is 1.53 bits per heavy atom. The molecule has 0 aliphatic rings. The SMILES string of the molecule is CC(NS(=O)(=O)CCCCN)c1nncn1C. The lowest BCUT2D eigenvalue weighted by Gasteiger charge is -2.13. The minimum Gasteiger partial charge on any atom is -0.330 e. The predicted octanol–water partition coefficient (Wildman–Crippen LogP) is -0.466. The summed E-state index contributed by atoms with van der Waals surface area (Å²) in [5.74, 6) is 0.680. The lowest BCUT2D eigenvalue weighted by molar-refractivity contribution is 0.550. The number of aromatic nitrogens is 3. The van der Waals surface area contributed by atoms with Gasteiger partial charge in [-0.25, -0.2) is 13.1 Å². The Bertz CT molecular complexity index is 442. The first-order valence-electron chi connectivity index (χ1n) is 5.50. The van der Waals surface area contributed by atoms with Crippen molar-refractivity contribution in [2.45, 2.75) is 25.8 Å². The molecule has 0 bridgehead atoms. The van der Waals surface area contributed by atoms with Crippen molar-refractivity contribution in [3.05, 3.63) is 12.2 Å². The molecule has 3 N–H and O–H groups in total. The Morgan fingerprint density at radius 3 is 2.76 bits per heavy atom. The molecule has 1 aromatic heterocycles. The molecule has 8 heteroatoms. The normalized spacial score (nSPS) is 13.8. The molecule has 1 rings (SSSR count). The largest absolute Gasteiger partial charge is 0.330 e. The number of nitrogens with one attached hydrogen (secondary N) is 1. The summed E-state index contributed by atoms with van der Waals surface area (Å²) >= 11 is 0. The van der Waals surface area contributed by atoms with Crippen molar-refractivity contribution in [3.8, 4) is 0 Å². The van der Waals surface area contributed by atoms with E-state index in [2.05, 4.69) is 14.9 Å². The van der Waals surface area contributed by atoms with E-state index in [1.165, 1.54) is 6.33 Å². The van der Waals surface area contributed by atoms with Crippen LogP contribution in [0.15, 0.2) is 6.33 Å². The molecule has 0 aromatic carbocycles. The summed E-state index contributed by atoms with van der Waals surface area (Å²) in [7, 11) is -1.51. The summed E-state index contributed by atoms with van der Waals surface area (Å²) in [5, 5.41) is 7.57. The fraction of sp³-hybridized carbons (Fsp3) is 0.778. The van der Waals surface area contributed by atoms with E-state index in [0.717, 1.165) is 0 Å². The van der Waals surface area contributed by atoms with Crippen LogP contribution in [0.25, 0.3) is 0 Å². The van der Waals surface area contributed by atoms with E-state index in [-0.39, 0.29) is 11.8 Å². The van der Waals surface area contributed by atoms with Crippen molar-refractivity contribution in [2.75, 3.05) is 12.3 Å². The highest BCUT2D eigenvalue weighted by molar-refractivity contribution is 7.89. The van der Waals surface area contributed by atoms with Crippen molar-refractivity contribution in [1.82, 2.24) is 19.5 Å². The molecule has 0 saturated carbocycles. The highest BCUT2D eigenvalue weighted by atomic mass is 32.2. The molecular weight excluding hydrogens is 242 g/mol. The third-order valence-corrected chi connectivity index (χ3v) is 3.90. The van der Waals surface area contributed by atoms with Crippen molar-refractivity contribution in [1.29, 1.82) is 0 Å². The second-order valence-corrected chi connectivity index (χ2v) is 5.83. The summed E-state index contributed by atoms with van der Waals surface area (Å²) in [5.41, 5.74) is 5.32. The molecule has 0 aliphatic carbocycles. The van der Waals surface area contributed by atoms with Crippen LogP contribution in [0.5, 0.6) is 0 Å². The molecule has 0 spiro atoms.